The Labute approximate surface area is 119 Å². The second kappa shape index (κ2) is 5.49. The fourth-order valence-corrected chi connectivity index (χ4v) is 2.67. The molecular formula is C16H19N3O. The van der Waals surface area contributed by atoms with Gasteiger partial charge in [-0.2, -0.15) is 0 Å². The first-order valence-corrected chi connectivity index (χ1v) is 7.05. The van der Waals surface area contributed by atoms with Crippen molar-refractivity contribution in [2.45, 2.75) is 39.2 Å². The molecule has 0 aliphatic heterocycles. The highest BCUT2D eigenvalue weighted by atomic mass is 16.5. The summed E-state index contributed by atoms with van der Waals surface area (Å²) in [6.45, 7) is 2.26. The number of aryl methyl sites for hydroxylation is 3. The first-order valence-electron chi connectivity index (χ1n) is 7.05. The SMILES string of the molecule is Cc1cc(N)nc(COc2ccc3c(c2)CCCC3)n1. The number of ether oxygens (including phenoxy) is 1. The number of aromatic nitrogens is 2. The zero-order valence-electron chi connectivity index (χ0n) is 11.7. The fraction of sp³-hybridized carbons (Fsp3) is 0.375. The predicted octanol–water partition coefficient (Wildman–Crippen LogP) is 2.83. The number of nitrogens with zero attached hydrogens (tertiary/aromatic N) is 2. The lowest BCUT2D eigenvalue weighted by Crippen LogP contribution is -2.06. The number of hydrogen-bond acceptors (Lipinski definition) is 4. The van der Waals surface area contributed by atoms with Crippen LogP contribution in [0.15, 0.2) is 24.3 Å². The largest absolute Gasteiger partial charge is 0.486 e. The minimum Gasteiger partial charge on any atom is -0.486 e. The van der Waals surface area contributed by atoms with Crippen LogP contribution in [-0.4, -0.2) is 9.97 Å². The molecule has 2 N–H and O–H groups in total. The van der Waals surface area contributed by atoms with Crippen molar-refractivity contribution in [2.24, 2.45) is 0 Å². The van der Waals surface area contributed by atoms with E-state index in [0.717, 1.165) is 17.9 Å². The van der Waals surface area contributed by atoms with Gasteiger partial charge in [-0.1, -0.05) is 6.07 Å². The van der Waals surface area contributed by atoms with E-state index in [2.05, 4.69) is 22.1 Å². The number of fused-ring (bicyclic) bond motifs is 1. The second-order valence-electron chi connectivity index (χ2n) is 5.28. The first-order chi connectivity index (χ1) is 9.70. The molecule has 0 bridgehead atoms. The summed E-state index contributed by atoms with van der Waals surface area (Å²) in [5.74, 6) is 2.00. The number of rotatable bonds is 3. The lowest BCUT2D eigenvalue weighted by atomic mass is 9.92. The van der Waals surface area contributed by atoms with E-state index in [1.165, 1.54) is 30.4 Å². The molecule has 104 valence electrons. The molecule has 0 radical (unpaired) electrons. The van der Waals surface area contributed by atoms with Crippen molar-refractivity contribution in [1.29, 1.82) is 0 Å². The molecule has 1 heterocycles. The molecule has 3 rings (SSSR count). The van der Waals surface area contributed by atoms with Crippen LogP contribution in [0.1, 0.15) is 35.5 Å². The third-order valence-electron chi connectivity index (χ3n) is 3.61. The molecule has 0 spiro atoms. The highest BCUT2D eigenvalue weighted by Crippen LogP contribution is 2.25. The number of benzene rings is 1. The van der Waals surface area contributed by atoms with Crippen LogP contribution in [0.4, 0.5) is 5.82 Å². The summed E-state index contributed by atoms with van der Waals surface area (Å²) in [4.78, 5) is 8.50. The fourth-order valence-electron chi connectivity index (χ4n) is 2.67. The Kier molecular flexibility index (Phi) is 3.54. The molecule has 1 aromatic carbocycles. The van der Waals surface area contributed by atoms with E-state index < -0.39 is 0 Å². The minimum atomic E-state index is 0.352. The van der Waals surface area contributed by atoms with Crippen LogP contribution in [0.3, 0.4) is 0 Å². The van der Waals surface area contributed by atoms with Crippen molar-refractivity contribution < 1.29 is 4.74 Å². The van der Waals surface area contributed by atoms with E-state index in [1.54, 1.807) is 6.07 Å². The average molecular weight is 269 g/mol. The van der Waals surface area contributed by atoms with Crippen molar-refractivity contribution in [2.75, 3.05) is 5.73 Å². The van der Waals surface area contributed by atoms with E-state index in [0.29, 0.717) is 18.2 Å². The topological polar surface area (TPSA) is 61.0 Å². The summed E-state index contributed by atoms with van der Waals surface area (Å²) >= 11 is 0. The maximum absolute atomic E-state index is 5.79. The van der Waals surface area contributed by atoms with Crippen molar-refractivity contribution >= 4 is 5.82 Å². The van der Waals surface area contributed by atoms with Gasteiger partial charge in [-0.05, 0) is 55.9 Å². The van der Waals surface area contributed by atoms with Crippen LogP contribution in [0, 0.1) is 6.92 Å². The molecule has 2 aromatic rings. The molecular weight excluding hydrogens is 250 g/mol. The average Bonchev–Trinajstić information content (AvgIpc) is 2.44. The van der Waals surface area contributed by atoms with E-state index in [4.69, 9.17) is 10.5 Å². The van der Waals surface area contributed by atoms with Crippen molar-refractivity contribution in [1.82, 2.24) is 9.97 Å². The third kappa shape index (κ3) is 2.90. The van der Waals surface area contributed by atoms with Gasteiger partial charge in [-0.3, -0.25) is 0 Å². The molecule has 0 atom stereocenters. The summed E-state index contributed by atoms with van der Waals surface area (Å²) in [6, 6.07) is 8.11. The Balaban J connectivity index is 1.71. The zero-order chi connectivity index (χ0) is 13.9. The molecule has 0 amide bonds. The monoisotopic (exact) mass is 269 g/mol. The highest BCUT2D eigenvalue weighted by molar-refractivity contribution is 5.37. The van der Waals surface area contributed by atoms with Crippen LogP contribution in [0.5, 0.6) is 5.75 Å². The zero-order valence-corrected chi connectivity index (χ0v) is 11.7. The Morgan fingerprint density at radius 3 is 2.70 bits per heavy atom. The predicted molar refractivity (Wildman–Crippen MR) is 78.6 cm³/mol. The molecule has 0 saturated heterocycles. The van der Waals surface area contributed by atoms with Gasteiger partial charge in [-0.15, -0.1) is 0 Å². The summed E-state index contributed by atoms with van der Waals surface area (Å²) < 4.78 is 5.79. The van der Waals surface area contributed by atoms with Crippen LogP contribution >= 0.6 is 0 Å². The lowest BCUT2D eigenvalue weighted by Gasteiger charge is -2.16. The second-order valence-corrected chi connectivity index (χ2v) is 5.28. The number of nitrogen functional groups attached to an aromatic ring is 1. The maximum Gasteiger partial charge on any atom is 0.168 e. The summed E-state index contributed by atoms with van der Waals surface area (Å²) in [5, 5.41) is 0. The lowest BCUT2D eigenvalue weighted by molar-refractivity contribution is 0.295. The number of hydrogen-bond donors (Lipinski definition) is 1. The third-order valence-corrected chi connectivity index (χ3v) is 3.61. The standard InChI is InChI=1S/C16H19N3O/c1-11-8-15(17)19-16(18-11)10-20-14-7-6-12-4-2-3-5-13(12)9-14/h6-9H,2-5,10H2,1H3,(H2,17,18,19). The summed E-state index contributed by atoms with van der Waals surface area (Å²) in [5.41, 5.74) is 9.45. The molecule has 20 heavy (non-hydrogen) atoms. The van der Waals surface area contributed by atoms with E-state index in [-0.39, 0.29) is 0 Å². The van der Waals surface area contributed by atoms with E-state index >= 15 is 0 Å². The van der Waals surface area contributed by atoms with Gasteiger partial charge in [0.2, 0.25) is 0 Å². The maximum atomic E-state index is 5.79. The molecule has 0 unspecified atom stereocenters. The van der Waals surface area contributed by atoms with E-state index in [1.807, 2.05) is 13.0 Å². The van der Waals surface area contributed by atoms with Gasteiger partial charge in [0.25, 0.3) is 0 Å². The van der Waals surface area contributed by atoms with Gasteiger partial charge in [0, 0.05) is 11.8 Å². The van der Waals surface area contributed by atoms with Crippen molar-refractivity contribution in [3.05, 3.63) is 46.9 Å². The molecule has 4 heteroatoms. The van der Waals surface area contributed by atoms with Crippen LogP contribution < -0.4 is 10.5 Å². The summed E-state index contributed by atoms with van der Waals surface area (Å²) in [7, 11) is 0. The Bertz CT molecular complexity index is 605. The molecule has 0 fully saturated rings. The van der Waals surface area contributed by atoms with Crippen molar-refractivity contribution in [3.63, 3.8) is 0 Å². The van der Waals surface area contributed by atoms with Gasteiger partial charge in [0.05, 0.1) is 0 Å². The number of anilines is 1. The number of nitrogens with two attached hydrogens (primary N) is 1. The summed E-state index contributed by atoms with van der Waals surface area (Å²) in [6.07, 6.45) is 4.91. The molecule has 4 nitrogen and oxygen atoms in total. The van der Waals surface area contributed by atoms with Gasteiger partial charge < -0.3 is 10.5 Å². The van der Waals surface area contributed by atoms with Crippen LogP contribution in [0.25, 0.3) is 0 Å². The molecule has 1 aromatic heterocycles. The Hall–Kier alpha value is -2.10. The van der Waals surface area contributed by atoms with Crippen LogP contribution in [-0.2, 0) is 19.4 Å². The van der Waals surface area contributed by atoms with Crippen LogP contribution in [0.2, 0.25) is 0 Å². The normalized spacial score (nSPS) is 13.8. The van der Waals surface area contributed by atoms with E-state index in [9.17, 15) is 0 Å². The smallest absolute Gasteiger partial charge is 0.168 e. The van der Waals surface area contributed by atoms with Gasteiger partial charge >= 0.3 is 0 Å². The highest BCUT2D eigenvalue weighted by Gasteiger charge is 2.10. The van der Waals surface area contributed by atoms with Gasteiger partial charge in [0.15, 0.2) is 5.82 Å². The Morgan fingerprint density at radius 2 is 1.90 bits per heavy atom. The first kappa shape index (κ1) is 12.9. The van der Waals surface area contributed by atoms with Gasteiger partial charge in [0.1, 0.15) is 18.2 Å². The minimum absolute atomic E-state index is 0.352. The van der Waals surface area contributed by atoms with Gasteiger partial charge in [-0.25, -0.2) is 9.97 Å². The molecule has 0 saturated carbocycles. The Morgan fingerprint density at radius 1 is 1.10 bits per heavy atom. The molecule has 1 aliphatic carbocycles. The van der Waals surface area contributed by atoms with Crippen molar-refractivity contribution in [3.8, 4) is 5.75 Å². The molecule has 1 aliphatic rings. The quantitative estimate of drug-likeness (QED) is 0.930.